The molecule has 21 heavy (non-hydrogen) atoms. The maximum atomic E-state index is 11.8. The van der Waals surface area contributed by atoms with Crippen LogP contribution in [-0.2, 0) is 0 Å². The van der Waals surface area contributed by atoms with E-state index in [-0.39, 0.29) is 48.0 Å². The van der Waals surface area contributed by atoms with Crippen molar-refractivity contribution in [2.45, 2.75) is 6.92 Å². The molecule has 0 aliphatic carbocycles. The standard InChI is InChI=1S/C14H24N3O2.2HI/c1-11-8-9-12(16(2,3)4)10-13(11)19-14(18)15-17(5,6)7;;/h8-10H,1-7H3;2*1H/q+1;;/p-1. The summed E-state index contributed by atoms with van der Waals surface area (Å²) in [6.07, 6.45) is -0.450. The highest BCUT2D eigenvalue weighted by Crippen LogP contribution is 2.26. The fourth-order valence-corrected chi connectivity index (χ4v) is 1.51. The van der Waals surface area contributed by atoms with E-state index >= 15 is 0 Å². The van der Waals surface area contributed by atoms with Gasteiger partial charge >= 0.3 is 6.09 Å². The van der Waals surface area contributed by atoms with Gasteiger partial charge in [0.1, 0.15) is 11.4 Å². The number of nitrogens with zero attached hydrogens (tertiary/aromatic N) is 2. The first-order valence-electron chi connectivity index (χ1n) is 6.23. The van der Waals surface area contributed by atoms with E-state index in [0.717, 1.165) is 11.3 Å². The fraction of sp³-hybridized carbons (Fsp3) is 0.500. The second-order valence-corrected chi connectivity index (χ2v) is 6.48. The van der Waals surface area contributed by atoms with Crippen LogP contribution in [0.1, 0.15) is 5.56 Å². The monoisotopic (exact) mass is 521 g/mol. The van der Waals surface area contributed by atoms with Crippen LogP contribution in [0.25, 0.3) is 0 Å². The van der Waals surface area contributed by atoms with E-state index in [1.165, 1.54) is 0 Å². The predicted octanol–water partition coefficient (Wildman–Crippen LogP) is -4.09. The molecule has 0 unspecified atom stereocenters. The lowest BCUT2D eigenvalue weighted by Crippen LogP contribution is -3.00. The van der Waals surface area contributed by atoms with E-state index in [0.29, 0.717) is 14.8 Å². The molecule has 1 rings (SSSR count). The average Bonchev–Trinajstić information content (AvgIpc) is 2.16. The molecule has 1 amide bonds. The number of ether oxygens (including phenoxy) is 1. The van der Waals surface area contributed by atoms with Crippen LogP contribution in [0.2, 0.25) is 0 Å². The SMILES string of the molecule is Cc1ccc([N+](C)(C)C)cc1OC(=O)N[N+](C)(C)C.[I-].[I-]. The van der Waals surface area contributed by atoms with Gasteiger partial charge in [-0.1, -0.05) is 0 Å². The summed E-state index contributed by atoms with van der Waals surface area (Å²) in [5, 5.41) is 0. The molecular formula is C14H25I2N3O2. The zero-order valence-corrected chi connectivity index (χ0v) is 18.0. The number of carbonyl (C=O) groups excluding carboxylic acids is 1. The third-order valence-electron chi connectivity index (χ3n) is 2.58. The van der Waals surface area contributed by atoms with E-state index in [1.807, 2.05) is 46.3 Å². The van der Waals surface area contributed by atoms with Crippen LogP contribution in [0.5, 0.6) is 5.75 Å². The van der Waals surface area contributed by atoms with Gasteiger partial charge in [-0.3, -0.25) is 4.48 Å². The number of amides is 1. The molecule has 0 saturated heterocycles. The van der Waals surface area contributed by atoms with Gasteiger partial charge in [0.2, 0.25) is 0 Å². The Hall–Kier alpha value is -0.130. The maximum absolute atomic E-state index is 11.8. The normalized spacial score (nSPS) is 11.0. The second-order valence-electron chi connectivity index (χ2n) is 6.48. The van der Waals surface area contributed by atoms with Crippen LogP contribution < -0.4 is 62.6 Å². The number of benzene rings is 1. The Kier molecular flexibility index (Phi) is 9.35. The van der Waals surface area contributed by atoms with E-state index in [1.54, 1.807) is 0 Å². The largest absolute Gasteiger partial charge is 1.00 e. The van der Waals surface area contributed by atoms with Crippen molar-refractivity contribution in [3.8, 4) is 5.75 Å². The number of nitrogens with one attached hydrogen (secondary N) is 1. The first-order valence-corrected chi connectivity index (χ1v) is 6.23. The van der Waals surface area contributed by atoms with Crippen LogP contribution in [0.4, 0.5) is 10.5 Å². The van der Waals surface area contributed by atoms with E-state index in [9.17, 15) is 4.79 Å². The molecule has 0 aliphatic heterocycles. The van der Waals surface area contributed by atoms with Gasteiger partial charge in [0, 0.05) is 6.07 Å². The molecule has 7 heteroatoms. The van der Waals surface area contributed by atoms with E-state index < -0.39 is 6.09 Å². The second kappa shape index (κ2) is 8.49. The van der Waals surface area contributed by atoms with Crippen LogP contribution in [-0.4, -0.2) is 53.0 Å². The Morgan fingerprint density at radius 2 is 1.57 bits per heavy atom. The number of hydrogen-bond donors (Lipinski definition) is 1. The molecule has 5 nitrogen and oxygen atoms in total. The molecule has 0 aromatic heterocycles. The van der Waals surface area contributed by atoms with Crippen molar-refractivity contribution in [1.29, 1.82) is 0 Å². The van der Waals surface area contributed by atoms with Crippen LogP contribution in [0, 0.1) is 6.92 Å². The van der Waals surface area contributed by atoms with Gasteiger partial charge in [-0.25, -0.2) is 9.39 Å². The molecule has 1 aromatic carbocycles. The van der Waals surface area contributed by atoms with E-state index in [2.05, 4.69) is 26.6 Å². The first-order chi connectivity index (χ1) is 8.49. The van der Waals surface area contributed by atoms with E-state index in [4.69, 9.17) is 4.74 Å². The minimum absolute atomic E-state index is 0. The maximum Gasteiger partial charge on any atom is 0.457 e. The zero-order chi connectivity index (χ0) is 14.8. The van der Waals surface area contributed by atoms with Gasteiger partial charge in [-0.05, 0) is 24.6 Å². The molecule has 1 N–H and O–H groups in total. The van der Waals surface area contributed by atoms with Gasteiger partial charge in [-0.15, -0.1) is 0 Å². The Morgan fingerprint density at radius 3 is 2.00 bits per heavy atom. The zero-order valence-electron chi connectivity index (χ0n) is 13.7. The third kappa shape index (κ3) is 8.17. The Morgan fingerprint density at radius 1 is 1.05 bits per heavy atom. The van der Waals surface area contributed by atoms with Crippen molar-refractivity contribution in [2.75, 3.05) is 42.3 Å². The highest BCUT2D eigenvalue weighted by molar-refractivity contribution is 5.70. The van der Waals surface area contributed by atoms with Crippen LogP contribution in [0.3, 0.4) is 0 Å². The highest BCUT2D eigenvalue weighted by Gasteiger charge is 2.18. The molecule has 0 aliphatic rings. The molecule has 1 aromatic rings. The summed E-state index contributed by atoms with van der Waals surface area (Å²) in [4.78, 5) is 11.8. The van der Waals surface area contributed by atoms with Crippen molar-refractivity contribution < 1.29 is 62.1 Å². The van der Waals surface area contributed by atoms with Crippen LogP contribution in [0.15, 0.2) is 18.2 Å². The van der Waals surface area contributed by atoms with Gasteiger partial charge in [0.25, 0.3) is 0 Å². The Labute approximate surface area is 161 Å². The fourth-order valence-electron chi connectivity index (χ4n) is 1.51. The minimum atomic E-state index is -0.450. The summed E-state index contributed by atoms with van der Waals surface area (Å²) in [5.74, 6) is 0.594. The van der Waals surface area contributed by atoms with Crippen LogP contribution >= 0.6 is 0 Å². The van der Waals surface area contributed by atoms with Gasteiger partial charge in [-0.2, -0.15) is 5.43 Å². The Balaban J connectivity index is 0. The summed E-state index contributed by atoms with van der Waals surface area (Å²) in [5.41, 5.74) is 4.75. The quantitative estimate of drug-likeness (QED) is 0.250. The van der Waals surface area contributed by atoms with Gasteiger partial charge in [0.15, 0.2) is 0 Å². The topological polar surface area (TPSA) is 38.3 Å². The summed E-state index contributed by atoms with van der Waals surface area (Å²) >= 11 is 0. The lowest BCUT2D eigenvalue weighted by atomic mass is 10.2. The molecule has 0 bridgehead atoms. The molecule has 0 spiro atoms. The molecular weight excluding hydrogens is 496 g/mol. The minimum Gasteiger partial charge on any atom is -1.00 e. The van der Waals surface area contributed by atoms with Crippen molar-refractivity contribution in [3.63, 3.8) is 0 Å². The number of halogens is 2. The van der Waals surface area contributed by atoms with Crippen molar-refractivity contribution in [1.82, 2.24) is 9.91 Å². The summed E-state index contributed by atoms with van der Waals surface area (Å²) in [6, 6.07) is 5.91. The summed E-state index contributed by atoms with van der Waals surface area (Å²) in [6.45, 7) is 1.92. The van der Waals surface area contributed by atoms with Gasteiger partial charge in [0.05, 0.1) is 42.3 Å². The lowest BCUT2D eigenvalue weighted by Gasteiger charge is -2.25. The van der Waals surface area contributed by atoms with Crippen molar-refractivity contribution in [2.24, 2.45) is 0 Å². The molecule has 0 saturated carbocycles. The smallest absolute Gasteiger partial charge is 0.457 e. The third-order valence-corrected chi connectivity index (χ3v) is 2.58. The number of quaternary nitrogens is 2. The number of rotatable bonds is 3. The molecule has 122 valence electrons. The summed E-state index contributed by atoms with van der Waals surface area (Å²) < 4.78 is 6.37. The molecule has 0 atom stereocenters. The number of carbonyl (C=O) groups is 1. The Bertz CT molecular complexity index is 480. The molecule has 0 fully saturated rings. The number of aryl methyl sites for hydroxylation is 1. The molecule has 0 radical (unpaired) electrons. The highest BCUT2D eigenvalue weighted by atomic mass is 127. The van der Waals surface area contributed by atoms with Crippen molar-refractivity contribution >= 4 is 11.8 Å². The van der Waals surface area contributed by atoms with Crippen molar-refractivity contribution in [3.05, 3.63) is 23.8 Å². The lowest BCUT2D eigenvalue weighted by molar-refractivity contribution is -0.906. The average molecular weight is 521 g/mol. The van der Waals surface area contributed by atoms with Gasteiger partial charge < -0.3 is 52.7 Å². The predicted molar refractivity (Wildman–Crippen MR) is 77.9 cm³/mol. The first kappa shape index (κ1) is 23.1. The number of hydrogen-bond acceptors (Lipinski definition) is 2. The molecule has 0 heterocycles. The summed E-state index contributed by atoms with van der Waals surface area (Å²) in [7, 11) is 11.8.